The highest BCUT2D eigenvalue weighted by Gasteiger charge is 2.18. The fourth-order valence-corrected chi connectivity index (χ4v) is 3.65. The molecule has 26 heavy (non-hydrogen) atoms. The monoisotopic (exact) mass is 385 g/mol. The number of nitrogens with one attached hydrogen (secondary N) is 2. The number of nitrogens with zero attached hydrogens (tertiary/aromatic N) is 1. The molecule has 1 aromatic heterocycles. The molecule has 0 fully saturated rings. The number of amides is 2. The molecular formula is C19H16ClN3O2S. The standard InChI is InChI=1S/C19H16ClN3O2S/c1-11-6-5-9-14(16(11)18(25)21-2)23-17(24)15-10-22-19(26-15)12-7-3-4-8-13(12)20/h3-10H,1-2H3,(H,21,25)(H,23,24). The topological polar surface area (TPSA) is 71.1 Å². The van der Waals surface area contributed by atoms with Gasteiger partial charge in [0.15, 0.2) is 0 Å². The van der Waals surface area contributed by atoms with E-state index in [-0.39, 0.29) is 11.8 Å². The highest BCUT2D eigenvalue weighted by Crippen LogP contribution is 2.31. The first-order chi connectivity index (χ1) is 12.5. The summed E-state index contributed by atoms with van der Waals surface area (Å²) < 4.78 is 0. The molecule has 0 spiro atoms. The van der Waals surface area contributed by atoms with Crippen LogP contribution in [0, 0.1) is 6.92 Å². The van der Waals surface area contributed by atoms with E-state index in [4.69, 9.17) is 11.6 Å². The lowest BCUT2D eigenvalue weighted by Gasteiger charge is -2.11. The number of aromatic nitrogens is 1. The molecule has 0 aliphatic heterocycles. The number of carbonyl (C=O) groups excluding carboxylic acids is 2. The second-order valence-corrected chi connectivity index (χ2v) is 6.98. The Morgan fingerprint density at radius 2 is 1.85 bits per heavy atom. The van der Waals surface area contributed by atoms with Crippen LogP contribution in [0.15, 0.2) is 48.7 Å². The van der Waals surface area contributed by atoms with Crippen LogP contribution in [-0.4, -0.2) is 23.8 Å². The second-order valence-electron chi connectivity index (χ2n) is 5.54. The molecule has 3 aromatic rings. The number of rotatable bonds is 4. The van der Waals surface area contributed by atoms with Gasteiger partial charge in [0, 0.05) is 12.6 Å². The molecular weight excluding hydrogens is 370 g/mol. The largest absolute Gasteiger partial charge is 0.355 e. The maximum Gasteiger partial charge on any atom is 0.267 e. The lowest BCUT2D eigenvalue weighted by molar-refractivity contribution is 0.0963. The van der Waals surface area contributed by atoms with Crippen molar-refractivity contribution in [3.8, 4) is 10.6 Å². The summed E-state index contributed by atoms with van der Waals surface area (Å²) >= 11 is 7.43. The van der Waals surface area contributed by atoms with Gasteiger partial charge in [-0.2, -0.15) is 0 Å². The van der Waals surface area contributed by atoms with Crippen LogP contribution in [0.4, 0.5) is 5.69 Å². The van der Waals surface area contributed by atoms with Crippen molar-refractivity contribution < 1.29 is 9.59 Å². The minimum absolute atomic E-state index is 0.250. The van der Waals surface area contributed by atoms with Gasteiger partial charge in [-0.3, -0.25) is 9.59 Å². The fraction of sp³-hybridized carbons (Fsp3) is 0.105. The molecule has 0 aliphatic carbocycles. The fourth-order valence-electron chi connectivity index (χ4n) is 2.52. The molecule has 0 aliphatic rings. The predicted molar refractivity (Wildman–Crippen MR) is 105 cm³/mol. The van der Waals surface area contributed by atoms with Gasteiger partial charge in [0.2, 0.25) is 0 Å². The molecule has 5 nitrogen and oxygen atoms in total. The molecule has 3 rings (SSSR count). The van der Waals surface area contributed by atoms with E-state index in [2.05, 4.69) is 15.6 Å². The number of benzene rings is 2. The minimum Gasteiger partial charge on any atom is -0.355 e. The predicted octanol–water partition coefficient (Wildman–Crippen LogP) is 4.38. The average Bonchev–Trinajstić information content (AvgIpc) is 3.11. The maximum atomic E-state index is 12.6. The number of aryl methyl sites for hydroxylation is 1. The average molecular weight is 386 g/mol. The molecule has 2 aromatic carbocycles. The number of thiazole rings is 1. The van der Waals surface area contributed by atoms with E-state index in [1.54, 1.807) is 25.2 Å². The summed E-state index contributed by atoms with van der Waals surface area (Å²) in [4.78, 5) is 29.5. The number of hydrogen-bond donors (Lipinski definition) is 2. The summed E-state index contributed by atoms with van der Waals surface area (Å²) in [6, 6.07) is 12.6. The molecule has 1 heterocycles. The van der Waals surface area contributed by atoms with Crippen LogP contribution < -0.4 is 10.6 Å². The Balaban J connectivity index is 1.88. The van der Waals surface area contributed by atoms with E-state index in [0.29, 0.717) is 26.2 Å². The summed E-state index contributed by atoms with van der Waals surface area (Å²) in [5.41, 5.74) is 2.46. The second kappa shape index (κ2) is 7.68. The zero-order chi connectivity index (χ0) is 18.7. The van der Waals surface area contributed by atoms with Gasteiger partial charge in [-0.25, -0.2) is 4.98 Å². The Hall–Kier alpha value is -2.70. The Morgan fingerprint density at radius 1 is 1.08 bits per heavy atom. The van der Waals surface area contributed by atoms with Crippen LogP contribution in [-0.2, 0) is 0 Å². The highest BCUT2D eigenvalue weighted by molar-refractivity contribution is 7.17. The molecule has 0 atom stereocenters. The molecule has 0 unspecified atom stereocenters. The molecule has 0 saturated heterocycles. The third-order valence-electron chi connectivity index (χ3n) is 3.81. The molecule has 0 saturated carbocycles. The summed E-state index contributed by atoms with van der Waals surface area (Å²) in [5.74, 6) is -0.573. The summed E-state index contributed by atoms with van der Waals surface area (Å²) in [6.45, 7) is 1.82. The zero-order valence-corrected chi connectivity index (χ0v) is 15.7. The first kappa shape index (κ1) is 18.1. The van der Waals surface area contributed by atoms with Crippen molar-refractivity contribution in [3.63, 3.8) is 0 Å². The Labute approximate surface area is 160 Å². The first-order valence-electron chi connectivity index (χ1n) is 7.85. The van der Waals surface area contributed by atoms with Gasteiger partial charge in [0.1, 0.15) is 9.88 Å². The van der Waals surface area contributed by atoms with Gasteiger partial charge >= 0.3 is 0 Å². The molecule has 7 heteroatoms. The Bertz CT molecular complexity index is 984. The SMILES string of the molecule is CNC(=O)c1c(C)cccc1NC(=O)c1cnc(-c2ccccc2Cl)s1. The van der Waals surface area contributed by atoms with Crippen LogP contribution in [0.25, 0.3) is 10.6 Å². The number of hydrogen-bond acceptors (Lipinski definition) is 4. The third-order valence-corrected chi connectivity index (χ3v) is 5.17. The smallest absolute Gasteiger partial charge is 0.267 e. The first-order valence-corrected chi connectivity index (χ1v) is 9.04. The van der Waals surface area contributed by atoms with Crippen molar-refractivity contribution in [1.82, 2.24) is 10.3 Å². The lowest BCUT2D eigenvalue weighted by atomic mass is 10.1. The molecule has 132 valence electrons. The van der Waals surface area contributed by atoms with Crippen LogP contribution in [0.5, 0.6) is 0 Å². The van der Waals surface area contributed by atoms with Crippen molar-refractivity contribution in [2.45, 2.75) is 6.92 Å². The Morgan fingerprint density at radius 3 is 2.58 bits per heavy atom. The van der Waals surface area contributed by atoms with Crippen molar-refractivity contribution in [3.05, 3.63) is 69.7 Å². The van der Waals surface area contributed by atoms with Crippen LogP contribution in [0.1, 0.15) is 25.6 Å². The Kier molecular flexibility index (Phi) is 5.35. The van der Waals surface area contributed by atoms with E-state index >= 15 is 0 Å². The van der Waals surface area contributed by atoms with Gasteiger partial charge in [-0.05, 0) is 24.6 Å². The molecule has 0 bridgehead atoms. The number of anilines is 1. The van der Waals surface area contributed by atoms with Crippen LogP contribution in [0.2, 0.25) is 5.02 Å². The summed E-state index contributed by atoms with van der Waals surface area (Å²) in [6.07, 6.45) is 1.51. The van der Waals surface area contributed by atoms with Crippen LogP contribution in [0.3, 0.4) is 0 Å². The van der Waals surface area contributed by atoms with Crippen molar-refractivity contribution in [2.75, 3.05) is 12.4 Å². The van der Waals surface area contributed by atoms with E-state index in [0.717, 1.165) is 11.1 Å². The van der Waals surface area contributed by atoms with E-state index in [1.807, 2.05) is 31.2 Å². The number of halogens is 1. The van der Waals surface area contributed by atoms with Gasteiger partial charge in [-0.1, -0.05) is 41.9 Å². The minimum atomic E-state index is -0.323. The summed E-state index contributed by atoms with van der Waals surface area (Å²) in [5, 5.41) is 6.63. The van der Waals surface area contributed by atoms with Crippen molar-refractivity contribution in [1.29, 1.82) is 0 Å². The van der Waals surface area contributed by atoms with Gasteiger partial charge in [0.05, 0.1) is 22.5 Å². The molecule has 2 amide bonds. The quantitative estimate of drug-likeness (QED) is 0.699. The lowest BCUT2D eigenvalue weighted by Crippen LogP contribution is -2.22. The van der Waals surface area contributed by atoms with E-state index < -0.39 is 0 Å². The highest BCUT2D eigenvalue weighted by atomic mass is 35.5. The van der Waals surface area contributed by atoms with E-state index in [9.17, 15) is 9.59 Å². The zero-order valence-electron chi connectivity index (χ0n) is 14.2. The van der Waals surface area contributed by atoms with Gasteiger partial charge in [-0.15, -0.1) is 11.3 Å². The van der Waals surface area contributed by atoms with Gasteiger partial charge in [0.25, 0.3) is 11.8 Å². The maximum absolute atomic E-state index is 12.6. The third kappa shape index (κ3) is 3.61. The van der Waals surface area contributed by atoms with Crippen LogP contribution >= 0.6 is 22.9 Å². The summed E-state index contributed by atoms with van der Waals surface area (Å²) in [7, 11) is 1.56. The normalized spacial score (nSPS) is 10.4. The van der Waals surface area contributed by atoms with Gasteiger partial charge < -0.3 is 10.6 Å². The van der Waals surface area contributed by atoms with E-state index in [1.165, 1.54) is 17.5 Å². The van der Waals surface area contributed by atoms with Crippen molar-refractivity contribution in [2.24, 2.45) is 0 Å². The molecule has 0 radical (unpaired) electrons. The van der Waals surface area contributed by atoms with Crippen molar-refractivity contribution >= 4 is 40.4 Å². The molecule has 2 N–H and O–H groups in total. The number of carbonyl (C=O) groups is 2.